The number of nitrogens with one attached hydrogen (secondary N) is 2. The third kappa shape index (κ3) is 7.10. The molecule has 1 heterocycles. The van der Waals surface area contributed by atoms with Crippen LogP contribution in [0.3, 0.4) is 0 Å². The maximum absolute atomic E-state index is 12.3. The second kappa shape index (κ2) is 9.96. The van der Waals surface area contributed by atoms with Crippen LogP contribution in [0.1, 0.15) is 40.5 Å². The molecule has 31 heavy (non-hydrogen) atoms. The van der Waals surface area contributed by atoms with Crippen LogP contribution in [-0.4, -0.2) is 18.0 Å². The van der Waals surface area contributed by atoms with Gasteiger partial charge in [0.05, 0.1) is 12.8 Å². The Kier molecular flexibility index (Phi) is 7.33. The number of hydrogen-bond acceptors (Lipinski definition) is 5. The number of nitrogens with zero attached hydrogens (tertiary/aromatic N) is 1. The second-order valence-corrected chi connectivity index (χ2v) is 9.95. The van der Waals surface area contributed by atoms with Gasteiger partial charge in [0.2, 0.25) is 5.91 Å². The van der Waals surface area contributed by atoms with Gasteiger partial charge in [0.25, 0.3) is 0 Å². The number of ether oxygens (including phenoxy) is 1. The molecule has 5 nitrogen and oxygen atoms in total. The molecule has 0 spiro atoms. The Morgan fingerprint density at radius 1 is 1.13 bits per heavy atom. The molecule has 1 amide bonds. The van der Waals surface area contributed by atoms with Crippen molar-refractivity contribution in [1.29, 1.82) is 0 Å². The van der Waals surface area contributed by atoms with Crippen molar-refractivity contribution in [2.45, 2.75) is 40.5 Å². The van der Waals surface area contributed by atoms with E-state index < -0.39 is 0 Å². The lowest BCUT2D eigenvalue weighted by atomic mass is 9.84. The molecule has 1 aromatic heterocycles. The topological polar surface area (TPSA) is 63.2 Å². The molecule has 0 aliphatic rings. The minimum absolute atomic E-state index is 0.0583. The van der Waals surface area contributed by atoms with E-state index in [1.54, 1.807) is 18.4 Å². The van der Waals surface area contributed by atoms with Crippen molar-refractivity contribution in [2.75, 3.05) is 17.7 Å². The fourth-order valence-electron chi connectivity index (χ4n) is 3.66. The van der Waals surface area contributed by atoms with Crippen molar-refractivity contribution >= 4 is 33.8 Å². The van der Waals surface area contributed by atoms with Crippen molar-refractivity contribution in [3.63, 3.8) is 0 Å². The first-order chi connectivity index (χ1) is 14.7. The molecular formula is C25H31N3O2S. The Labute approximate surface area is 188 Å². The zero-order chi connectivity index (χ0) is 22.4. The number of thiazole rings is 1. The van der Waals surface area contributed by atoms with Gasteiger partial charge in [0, 0.05) is 34.8 Å². The van der Waals surface area contributed by atoms with Crippen LogP contribution in [0, 0.1) is 11.3 Å². The van der Waals surface area contributed by atoms with Gasteiger partial charge in [-0.3, -0.25) is 4.79 Å². The summed E-state index contributed by atoms with van der Waals surface area (Å²) in [5.74, 6) is 1.21. The van der Waals surface area contributed by atoms with Gasteiger partial charge in [-0.15, -0.1) is 11.3 Å². The Bertz CT molecular complexity index is 1010. The van der Waals surface area contributed by atoms with E-state index in [0.29, 0.717) is 12.3 Å². The highest BCUT2D eigenvalue weighted by Crippen LogP contribution is 2.29. The van der Waals surface area contributed by atoms with Gasteiger partial charge >= 0.3 is 0 Å². The lowest BCUT2D eigenvalue weighted by Gasteiger charge is -2.22. The summed E-state index contributed by atoms with van der Waals surface area (Å²) < 4.78 is 5.26. The zero-order valence-electron chi connectivity index (χ0n) is 18.9. The minimum atomic E-state index is 0.0583. The van der Waals surface area contributed by atoms with Crippen LogP contribution in [-0.2, 0) is 4.79 Å². The Morgan fingerprint density at radius 3 is 2.55 bits per heavy atom. The fraction of sp³-hybridized carbons (Fsp3) is 0.360. The summed E-state index contributed by atoms with van der Waals surface area (Å²) in [4.78, 5) is 17.0. The standard InChI is InChI=1S/C25H31N3O2S/c1-17(15-25(2,3)4)13-23(29)26-19-11-9-18(10-12-19)22-16-31-24(28-22)27-20-7-6-8-21(14-20)30-5/h6-12,14,16-17H,13,15H2,1-5H3,(H,26,29)(H,27,28). The largest absolute Gasteiger partial charge is 0.497 e. The van der Waals surface area contributed by atoms with E-state index in [4.69, 9.17) is 4.74 Å². The van der Waals surface area contributed by atoms with E-state index in [0.717, 1.165) is 39.9 Å². The number of carbonyl (C=O) groups is 1. The summed E-state index contributed by atoms with van der Waals surface area (Å²) in [5.41, 5.74) is 3.87. The smallest absolute Gasteiger partial charge is 0.224 e. The van der Waals surface area contributed by atoms with Gasteiger partial charge < -0.3 is 15.4 Å². The van der Waals surface area contributed by atoms with Gasteiger partial charge in [-0.25, -0.2) is 4.98 Å². The van der Waals surface area contributed by atoms with Crippen LogP contribution in [0.5, 0.6) is 5.75 Å². The number of methoxy groups -OCH3 is 1. The lowest BCUT2D eigenvalue weighted by Crippen LogP contribution is -2.18. The molecule has 2 N–H and O–H groups in total. The van der Waals surface area contributed by atoms with Crippen molar-refractivity contribution < 1.29 is 9.53 Å². The molecule has 0 radical (unpaired) electrons. The van der Waals surface area contributed by atoms with Crippen molar-refractivity contribution in [1.82, 2.24) is 4.98 Å². The van der Waals surface area contributed by atoms with Crippen molar-refractivity contribution in [3.8, 4) is 17.0 Å². The number of hydrogen-bond donors (Lipinski definition) is 2. The third-order valence-electron chi connectivity index (χ3n) is 4.78. The molecule has 2 aromatic carbocycles. The van der Waals surface area contributed by atoms with Gasteiger partial charge in [-0.1, -0.05) is 45.9 Å². The monoisotopic (exact) mass is 437 g/mol. The molecule has 1 unspecified atom stereocenters. The van der Waals surface area contributed by atoms with Crippen LogP contribution in [0.4, 0.5) is 16.5 Å². The first-order valence-electron chi connectivity index (χ1n) is 10.5. The zero-order valence-corrected chi connectivity index (χ0v) is 19.7. The van der Waals surface area contributed by atoms with Crippen molar-refractivity contribution in [2.24, 2.45) is 11.3 Å². The summed E-state index contributed by atoms with van der Waals surface area (Å²) in [6, 6.07) is 15.6. The van der Waals surface area contributed by atoms with E-state index in [1.807, 2.05) is 53.9 Å². The summed E-state index contributed by atoms with van der Waals surface area (Å²) in [5, 5.41) is 9.15. The van der Waals surface area contributed by atoms with Gasteiger partial charge in [0.15, 0.2) is 5.13 Å². The highest BCUT2D eigenvalue weighted by atomic mass is 32.1. The Morgan fingerprint density at radius 2 is 1.87 bits per heavy atom. The normalized spacial score (nSPS) is 12.3. The molecule has 0 aliphatic carbocycles. The molecule has 3 rings (SSSR count). The predicted octanol–water partition coefficient (Wildman–Crippen LogP) is 6.96. The number of aromatic nitrogens is 1. The number of anilines is 3. The molecule has 3 aromatic rings. The summed E-state index contributed by atoms with van der Waals surface area (Å²) >= 11 is 1.55. The Hall–Kier alpha value is -2.86. The quantitative estimate of drug-likeness (QED) is 0.400. The van der Waals surface area contributed by atoms with Gasteiger partial charge in [-0.2, -0.15) is 0 Å². The van der Waals surface area contributed by atoms with Crippen LogP contribution < -0.4 is 15.4 Å². The van der Waals surface area contributed by atoms with Crippen LogP contribution in [0.15, 0.2) is 53.9 Å². The molecule has 0 fully saturated rings. The molecular weight excluding hydrogens is 406 g/mol. The van der Waals surface area contributed by atoms with Crippen LogP contribution in [0.2, 0.25) is 0 Å². The number of carbonyl (C=O) groups excluding carboxylic acids is 1. The first kappa shape index (κ1) is 22.8. The lowest BCUT2D eigenvalue weighted by molar-refractivity contribution is -0.117. The molecule has 164 valence electrons. The maximum atomic E-state index is 12.3. The van der Waals surface area contributed by atoms with Crippen LogP contribution >= 0.6 is 11.3 Å². The average Bonchev–Trinajstić information content (AvgIpc) is 3.15. The second-order valence-electron chi connectivity index (χ2n) is 9.09. The fourth-order valence-corrected chi connectivity index (χ4v) is 4.40. The van der Waals surface area contributed by atoms with E-state index in [1.165, 1.54) is 0 Å². The molecule has 0 aliphatic heterocycles. The number of rotatable bonds is 8. The molecule has 6 heteroatoms. The summed E-state index contributed by atoms with van der Waals surface area (Å²) in [6.45, 7) is 8.75. The molecule has 1 atom stereocenters. The van der Waals surface area contributed by atoms with Gasteiger partial charge in [0.1, 0.15) is 5.75 Å². The molecule has 0 saturated carbocycles. The highest BCUT2D eigenvalue weighted by molar-refractivity contribution is 7.14. The number of amides is 1. The minimum Gasteiger partial charge on any atom is -0.497 e. The summed E-state index contributed by atoms with van der Waals surface area (Å²) in [6.07, 6.45) is 1.56. The van der Waals surface area contributed by atoms with Crippen LogP contribution in [0.25, 0.3) is 11.3 Å². The Balaban J connectivity index is 1.58. The van der Waals surface area contributed by atoms with Gasteiger partial charge in [-0.05, 0) is 42.0 Å². The maximum Gasteiger partial charge on any atom is 0.224 e. The highest BCUT2D eigenvalue weighted by Gasteiger charge is 2.18. The van der Waals surface area contributed by atoms with E-state index >= 15 is 0 Å². The predicted molar refractivity (Wildman–Crippen MR) is 130 cm³/mol. The first-order valence-corrected chi connectivity index (χ1v) is 11.4. The van der Waals surface area contributed by atoms with E-state index in [-0.39, 0.29) is 11.3 Å². The number of benzene rings is 2. The average molecular weight is 438 g/mol. The third-order valence-corrected chi connectivity index (χ3v) is 5.54. The van der Waals surface area contributed by atoms with E-state index in [9.17, 15) is 4.79 Å². The SMILES string of the molecule is COc1cccc(Nc2nc(-c3ccc(NC(=O)CC(C)CC(C)(C)C)cc3)cs2)c1. The molecule has 0 bridgehead atoms. The van der Waals surface area contributed by atoms with Crippen molar-refractivity contribution in [3.05, 3.63) is 53.9 Å². The molecule has 0 saturated heterocycles. The summed E-state index contributed by atoms with van der Waals surface area (Å²) in [7, 11) is 1.65. The van der Waals surface area contributed by atoms with E-state index in [2.05, 4.69) is 43.3 Å².